The van der Waals surface area contributed by atoms with Crippen LogP contribution < -0.4 is 0 Å². The smallest absolute Gasteiger partial charge is 0.354 e. The number of amides is 1. The summed E-state index contributed by atoms with van der Waals surface area (Å²) in [6, 6.07) is 0. The SMILES string of the molecule is C#CCN1C=C2C(SC3=C(C(=O)O)N4C(=O)[C@H](C(C)O)[C@H]4S3)CCN2C1O. The van der Waals surface area contributed by atoms with E-state index < -0.39 is 24.3 Å². The molecule has 0 aromatic rings. The first-order valence-electron chi connectivity index (χ1n) is 8.52. The molecule has 144 valence electrons. The number of thioether (sulfide) groups is 2. The number of carboxylic acids is 1. The number of hydrogen-bond acceptors (Lipinski definition) is 8. The van der Waals surface area contributed by atoms with Crippen LogP contribution in [0.3, 0.4) is 0 Å². The lowest BCUT2D eigenvalue weighted by molar-refractivity contribution is -0.156. The quantitative estimate of drug-likeness (QED) is 0.428. The van der Waals surface area contributed by atoms with Crippen molar-refractivity contribution in [3.63, 3.8) is 0 Å². The number of aliphatic hydroxyl groups is 2. The molecular formula is C17H19N3O5S2. The molecule has 10 heteroatoms. The fourth-order valence-electron chi connectivity index (χ4n) is 3.85. The number of β-lactam (4-membered cyclic amide) rings is 1. The first-order valence-corrected chi connectivity index (χ1v) is 10.3. The largest absolute Gasteiger partial charge is 0.477 e. The maximum atomic E-state index is 12.3. The summed E-state index contributed by atoms with van der Waals surface area (Å²) in [5.74, 6) is 0.434. The molecule has 0 saturated carbocycles. The van der Waals surface area contributed by atoms with Crippen LogP contribution in [0.2, 0.25) is 0 Å². The zero-order valence-electron chi connectivity index (χ0n) is 14.5. The molecule has 5 atom stereocenters. The minimum atomic E-state index is -1.14. The van der Waals surface area contributed by atoms with Crippen LogP contribution >= 0.6 is 23.5 Å². The highest BCUT2D eigenvalue weighted by atomic mass is 32.2. The zero-order valence-corrected chi connectivity index (χ0v) is 16.1. The molecule has 4 heterocycles. The third kappa shape index (κ3) is 2.72. The van der Waals surface area contributed by atoms with Gasteiger partial charge in [0.25, 0.3) is 0 Å². The van der Waals surface area contributed by atoms with Crippen molar-refractivity contribution < 1.29 is 24.9 Å². The van der Waals surface area contributed by atoms with E-state index in [1.54, 1.807) is 11.8 Å². The summed E-state index contributed by atoms with van der Waals surface area (Å²) in [5.41, 5.74) is 0.906. The molecule has 0 radical (unpaired) electrons. The fourth-order valence-corrected chi connectivity index (χ4v) is 7.14. The number of fused-ring (bicyclic) bond motifs is 2. The van der Waals surface area contributed by atoms with Crippen molar-refractivity contribution in [2.75, 3.05) is 13.1 Å². The van der Waals surface area contributed by atoms with Gasteiger partial charge in [-0.3, -0.25) is 9.69 Å². The summed E-state index contributed by atoms with van der Waals surface area (Å²) in [7, 11) is 0. The summed E-state index contributed by atoms with van der Waals surface area (Å²) in [6.07, 6.45) is 6.30. The summed E-state index contributed by atoms with van der Waals surface area (Å²) in [4.78, 5) is 28.9. The average Bonchev–Trinajstić information content (AvgIpc) is 3.22. The normalized spacial score (nSPS) is 32.9. The predicted molar refractivity (Wildman–Crippen MR) is 100 cm³/mol. The van der Waals surface area contributed by atoms with Crippen molar-refractivity contribution >= 4 is 35.4 Å². The van der Waals surface area contributed by atoms with Crippen LogP contribution in [0.1, 0.15) is 13.3 Å². The molecular weight excluding hydrogens is 390 g/mol. The molecule has 27 heavy (non-hydrogen) atoms. The molecule has 0 bridgehead atoms. The summed E-state index contributed by atoms with van der Waals surface area (Å²) >= 11 is 2.72. The topological polar surface area (TPSA) is 105 Å². The number of terminal acetylenes is 1. The van der Waals surface area contributed by atoms with Crippen molar-refractivity contribution in [1.82, 2.24) is 14.7 Å². The van der Waals surface area contributed by atoms with Crippen LogP contribution in [0.5, 0.6) is 0 Å². The van der Waals surface area contributed by atoms with Gasteiger partial charge in [0.2, 0.25) is 12.3 Å². The Morgan fingerprint density at radius 2 is 2.30 bits per heavy atom. The number of nitrogens with zero attached hydrogens (tertiary/aromatic N) is 3. The Balaban J connectivity index is 1.56. The van der Waals surface area contributed by atoms with Crippen molar-refractivity contribution in [2.24, 2.45) is 5.92 Å². The first kappa shape index (κ1) is 18.6. The Morgan fingerprint density at radius 3 is 2.93 bits per heavy atom. The summed E-state index contributed by atoms with van der Waals surface area (Å²) in [5, 5.41) is 29.4. The van der Waals surface area contributed by atoms with Gasteiger partial charge in [0.1, 0.15) is 5.37 Å². The number of aliphatic carboxylic acids is 1. The van der Waals surface area contributed by atoms with Gasteiger partial charge in [-0.15, -0.1) is 18.2 Å². The van der Waals surface area contributed by atoms with Crippen LogP contribution in [0.15, 0.2) is 21.8 Å². The lowest BCUT2D eigenvalue weighted by Gasteiger charge is -2.43. The second-order valence-electron chi connectivity index (χ2n) is 6.79. The fraction of sp³-hybridized carbons (Fsp3) is 0.529. The first-order chi connectivity index (χ1) is 12.8. The van der Waals surface area contributed by atoms with E-state index >= 15 is 0 Å². The maximum absolute atomic E-state index is 12.3. The van der Waals surface area contributed by atoms with Gasteiger partial charge >= 0.3 is 5.97 Å². The third-order valence-electron chi connectivity index (χ3n) is 5.16. The zero-order chi connectivity index (χ0) is 19.5. The summed E-state index contributed by atoms with van der Waals surface area (Å²) < 4.78 is 0.571. The van der Waals surface area contributed by atoms with Gasteiger partial charge in [-0.05, 0) is 13.3 Å². The van der Waals surface area contributed by atoms with E-state index in [0.29, 0.717) is 10.8 Å². The van der Waals surface area contributed by atoms with E-state index in [1.165, 1.54) is 28.4 Å². The number of carboxylic acid groups (broad SMARTS) is 1. The van der Waals surface area contributed by atoms with Crippen LogP contribution in [0.25, 0.3) is 0 Å². The van der Waals surface area contributed by atoms with E-state index in [0.717, 1.165) is 12.1 Å². The van der Waals surface area contributed by atoms with Gasteiger partial charge in [0.05, 0.1) is 28.1 Å². The van der Waals surface area contributed by atoms with Gasteiger partial charge in [-0.2, -0.15) is 0 Å². The standard InChI is InChI=1S/C17H19N3O5S2/c1-3-5-18-7-9-10(4-6-19(9)17(18)25)26-16-12(15(23)24)20-13(22)11(8(2)21)14(20)27-16/h1,7-8,10-11,14,17,21,25H,4-6H2,2H3,(H,23,24)/t8?,10?,11-,14+,17?/m0/s1. The third-order valence-corrected chi connectivity index (χ3v) is 8.06. The van der Waals surface area contributed by atoms with Crippen LogP contribution in [0, 0.1) is 18.3 Å². The molecule has 3 N–H and O–H groups in total. The van der Waals surface area contributed by atoms with Gasteiger partial charge in [0.15, 0.2) is 5.70 Å². The minimum Gasteiger partial charge on any atom is -0.477 e. The van der Waals surface area contributed by atoms with Crippen LogP contribution in [0.4, 0.5) is 0 Å². The van der Waals surface area contributed by atoms with Crippen molar-refractivity contribution in [3.8, 4) is 12.3 Å². The molecule has 0 spiro atoms. The highest BCUT2D eigenvalue weighted by molar-refractivity contribution is 8.23. The van der Waals surface area contributed by atoms with Crippen molar-refractivity contribution in [1.29, 1.82) is 0 Å². The molecule has 3 unspecified atom stereocenters. The van der Waals surface area contributed by atoms with Crippen molar-refractivity contribution in [3.05, 3.63) is 21.8 Å². The molecule has 4 aliphatic rings. The molecule has 4 aliphatic heterocycles. The van der Waals surface area contributed by atoms with E-state index in [9.17, 15) is 24.9 Å². The molecule has 0 aromatic heterocycles. The molecule has 2 saturated heterocycles. The van der Waals surface area contributed by atoms with E-state index in [1.807, 2.05) is 11.1 Å². The van der Waals surface area contributed by atoms with E-state index in [-0.39, 0.29) is 28.8 Å². The second kappa shape index (κ2) is 6.67. The Labute approximate surface area is 164 Å². The van der Waals surface area contributed by atoms with Gasteiger partial charge in [0, 0.05) is 18.4 Å². The molecule has 2 fully saturated rings. The van der Waals surface area contributed by atoms with Crippen molar-refractivity contribution in [2.45, 2.75) is 36.4 Å². The summed E-state index contributed by atoms with van der Waals surface area (Å²) in [6.45, 7) is 2.48. The highest BCUT2D eigenvalue weighted by Gasteiger charge is 2.58. The second-order valence-corrected chi connectivity index (χ2v) is 9.39. The van der Waals surface area contributed by atoms with E-state index in [2.05, 4.69) is 5.92 Å². The average molecular weight is 409 g/mol. The highest BCUT2D eigenvalue weighted by Crippen LogP contribution is 2.56. The lowest BCUT2D eigenvalue weighted by atomic mass is 9.92. The number of carbonyl (C=O) groups excluding carboxylic acids is 1. The van der Waals surface area contributed by atoms with Gasteiger partial charge in [-0.25, -0.2) is 4.79 Å². The predicted octanol–water partition coefficient (Wildman–Crippen LogP) is 0.0258. The Bertz CT molecular complexity index is 805. The number of carbonyl (C=O) groups is 2. The van der Waals surface area contributed by atoms with Crippen LogP contribution in [-0.4, -0.2) is 78.1 Å². The van der Waals surface area contributed by atoms with Gasteiger partial charge in [-0.1, -0.05) is 17.7 Å². The maximum Gasteiger partial charge on any atom is 0.354 e. The molecule has 8 nitrogen and oxygen atoms in total. The monoisotopic (exact) mass is 409 g/mol. The van der Waals surface area contributed by atoms with Crippen LogP contribution in [-0.2, 0) is 9.59 Å². The Hall–Kier alpha value is -1.80. The number of hydrogen-bond donors (Lipinski definition) is 3. The number of rotatable bonds is 5. The molecule has 0 aliphatic carbocycles. The Kier molecular flexibility index (Phi) is 4.58. The number of aliphatic hydroxyl groups excluding tert-OH is 2. The Morgan fingerprint density at radius 1 is 1.56 bits per heavy atom. The lowest BCUT2D eigenvalue weighted by Crippen LogP contribution is -2.60. The van der Waals surface area contributed by atoms with E-state index in [4.69, 9.17) is 6.42 Å². The van der Waals surface area contributed by atoms with Gasteiger partial charge < -0.3 is 25.1 Å². The minimum absolute atomic E-state index is 0.00465. The molecule has 4 rings (SSSR count). The molecule has 1 amide bonds. The molecule has 0 aromatic carbocycles.